The van der Waals surface area contributed by atoms with Gasteiger partial charge in [-0.2, -0.15) is 0 Å². The zero-order valence-corrected chi connectivity index (χ0v) is 14.9. The normalized spacial score (nSPS) is 14.9. The number of hydrogen-bond donors (Lipinski definition) is 2. The van der Waals surface area contributed by atoms with Crippen molar-refractivity contribution in [3.63, 3.8) is 0 Å². The van der Waals surface area contributed by atoms with E-state index in [1.165, 1.54) is 7.11 Å². The topological polar surface area (TPSA) is 62.8 Å². The monoisotopic (exact) mass is 351 g/mol. The van der Waals surface area contributed by atoms with Gasteiger partial charge in [-0.3, -0.25) is 9.69 Å². The van der Waals surface area contributed by atoms with Gasteiger partial charge in [-0.15, -0.1) is 0 Å². The number of carbonyl (C=O) groups is 1. The molecule has 1 fully saturated rings. The van der Waals surface area contributed by atoms with Crippen LogP contribution in [0.5, 0.6) is 0 Å². The fourth-order valence-corrected chi connectivity index (χ4v) is 2.67. The van der Waals surface area contributed by atoms with E-state index in [4.69, 9.17) is 17.0 Å². The number of hydrogen-bond acceptors (Lipinski definition) is 5. The predicted octanol–water partition coefficient (Wildman–Crippen LogP) is 1.41. The third-order valence-electron chi connectivity index (χ3n) is 3.83. The number of methoxy groups -OCH3 is 1. The van der Waals surface area contributed by atoms with E-state index in [2.05, 4.69) is 20.3 Å². The highest BCUT2D eigenvalue weighted by Gasteiger charge is 2.09. The number of rotatable bonds is 7. The number of nitrogens with zero attached hydrogens (tertiary/aromatic N) is 1. The molecular formula is C17H25N3O3S. The molecule has 2 rings (SSSR count). The average Bonchev–Trinajstić information content (AvgIpc) is 2.61. The maximum Gasteiger partial charge on any atom is 0.309 e. The van der Waals surface area contributed by atoms with Crippen molar-refractivity contribution in [1.29, 1.82) is 0 Å². The molecule has 1 aliphatic rings. The smallest absolute Gasteiger partial charge is 0.309 e. The molecule has 0 amide bonds. The molecular weight excluding hydrogens is 326 g/mol. The number of anilines is 1. The largest absolute Gasteiger partial charge is 0.469 e. The van der Waals surface area contributed by atoms with E-state index in [0.717, 1.165) is 57.1 Å². The quantitative estimate of drug-likeness (QED) is 0.437. The van der Waals surface area contributed by atoms with Gasteiger partial charge >= 0.3 is 5.97 Å². The van der Waals surface area contributed by atoms with Gasteiger partial charge in [-0.1, -0.05) is 12.1 Å². The van der Waals surface area contributed by atoms with Gasteiger partial charge in [0.1, 0.15) is 0 Å². The first-order valence-corrected chi connectivity index (χ1v) is 8.59. The molecule has 1 heterocycles. The molecule has 0 atom stereocenters. The lowest BCUT2D eigenvalue weighted by Crippen LogP contribution is -2.38. The fraction of sp³-hybridized carbons (Fsp3) is 0.529. The Hall–Kier alpha value is -1.70. The van der Waals surface area contributed by atoms with Crippen LogP contribution in [0.2, 0.25) is 0 Å². The second-order valence-corrected chi connectivity index (χ2v) is 6.05. The fourth-order valence-electron chi connectivity index (χ4n) is 2.45. The molecule has 1 saturated heterocycles. The maximum atomic E-state index is 11.2. The average molecular weight is 351 g/mol. The van der Waals surface area contributed by atoms with Crippen molar-refractivity contribution in [2.24, 2.45) is 0 Å². The molecule has 6 nitrogen and oxygen atoms in total. The van der Waals surface area contributed by atoms with Gasteiger partial charge in [0.05, 0.1) is 26.7 Å². The van der Waals surface area contributed by atoms with Crippen LogP contribution < -0.4 is 10.6 Å². The van der Waals surface area contributed by atoms with Crippen LogP contribution >= 0.6 is 12.2 Å². The van der Waals surface area contributed by atoms with E-state index in [0.29, 0.717) is 5.11 Å². The number of carbonyl (C=O) groups excluding carboxylic acids is 1. The summed E-state index contributed by atoms with van der Waals surface area (Å²) in [5, 5.41) is 6.97. The minimum Gasteiger partial charge on any atom is -0.469 e. The number of benzene rings is 1. The first-order valence-electron chi connectivity index (χ1n) is 8.18. The molecule has 0 saturated carbocycles. The lowest BCUT2D eigenvalue weighted by molar-refractivity contribution is -0.139. The molecule has 7 heteroatoms. The highest BCUT2D eigenvalue weighted by Crippen LogP contribution is 2.10. The zero-order valence-electron chi connectivity index (χ0n) is 14.0. The molecule has 132 valence electrons. The zero-order chi connectivity index (χ0) is 17.2. The number of morpholine rings is 1. The maximum absolute atomic E-state index is 11.2. The summed E-state index contributed by atoms with van der Waals surface area (Å²) in [6.07, 6.45) is 1.32. The second kappa shape index (κ2) is 10.2. The summed E-state index contributed by atoms with van der Waals surface area (Å²) in [6, 6.07) is 7.58. The Morgan fingerprint density at radius 2 is 2.00 bits per heavy atom. The van der Waals surface area contributed by atoms with Gasteiger partial charge in [0.15, 0.2) is 5.11 Å². The molecule has 0 aliphatic carbocycles. The Labute approximate surface area is 148 Å². The molecule has 1 aromatic rings. The van der Waals surface area contributed by atoms with Gasteiger partial charge in [0.25, 0.3) is 0 Å². The Morgan fingerprint density at radius 3 is 2.67 bits per heavy atom. The number of ether oxygens (including phenoxy) is 2. The SMILES string of the molecule is COC(=O)Cc1ccc(NC(=S)NCCCN2CCOCC2)cc1. The number of nitrogens with one attached hydrogen (secondary N) is 2. The third kappa shape index (κ3) is 6.82. The van der Waals surface area contributed by atoms with Gasteiger partial charge < -0.3 is 20.1 Å². The van der Waals surface area contributed by atoms with Crippen LogP contribution in [0.3, 0.4) is 0 Å². The van der Waals surface area contributed by atoms with Gasteiger partial charge in [0, 0.05) is 25.3 Å². The summed E-state index contributed by atoms with van der Waals surface area (Å²) in [6.45, 7) is 5.59. The Morgan fingerprint density at radius 1 is 1.29 bits per heavy atom. The standard InChI is InChI=1S/C17H25N3O3S/c1-22-16(21)13-14-3-5-15(6-4-14)19-17(24)18-7-2-8-20-9-11-23-12-10-20/h3-6H,2,7-13H2,1H3,(H2,18,19,24). The van der Waals surface area contributed by atoms with Crippen molar-refractivity contribution in [2.75, 3.05) is 51.8 Å². The van der Waals surface area contributed by atoms with E-state index < -0.39 is 0 Å². The summed E-state index contributed by atoms with van der Waals surface area (Å²) in [5.74, 6) is -0.242. The lowest BCUT2D eigenvalue weighted by Gasteiger charge is -2.26. The summed E-state index contributed by atoms with van der Waals surface area (Å²) in [4.78, 5) is 13.6. The van der Waals surface area contributed by atoms with E-state index >= 15 is 0 Å². The second-order valence-electron chi connectivity index (χ2n) is 5.64. The van der Waals surface area contributed by atoms with Crippen molar-refractivity contribution in [3.8, 4) is 0 Å². The van der Waals surface area contributed by atoms with E-state index in [1.54, 1.807) is 0 Å². The molecule has 1 aliphatic heterocycles. The van der Waals surface area contributed by atoms with Crippen molar-refractivity contribution in [3.05, 3.63) is 29.8 Å². The predicted molar refractivity (Wildman–Crippen MR) is 98.3 cm³/mol. The van der Waals surface area contributed by atoms with Gasteiger partial charge in [0.2, 0.25) is 0 Å². The lowest BCUT2D eigenvalue weighted by atomic mass is 10.1. The molecule has 0 bridgehead atoms. The number of esters is 1. The minimum atomic E-state index is -0.242. The van der Waals surface area contributed by atoms with Crippen LogP contribution in [0, 0.1) is 0 Å². The molecule has 0 aromatic heterocycles. The van der Waals surface area contributed by atoms with Gasteiger partial charge in [-0.25, -0.2) is 0 Å². The highest BCUT2D eigenvalue weighted by molar-refractivity contribution is 7.80. The van der Waals surface area contributed by atoms with Crippen LogP contribution in [0.25, 0.3) is 0 Å². The Kier molecular flexibility index (Phi) is 7.94. The van der Waals surface area contributed by atoms with Crippen LogP contribution in [-0.4, -0.2) is 62.5 Å². The van der Waals surface area contributed by atoms with Gasteiger partial charge in [-0.05, 0) is 42.9 Å². The Balaban J connectivity index is 1.63. The van der Waals surface area contributed by atoms with E-state index in [-0.39, 0.29) is 12.4 Å². The van der Waals surface area contributed by atoms with Crippen molar-refractivity contribution >= 4 is 29.0 Å². The van der Waals surface area contributed by atoms with Crippen LogP contribution in [0.15, 0.2) is 24.3 Å². The first kappa shape index (κ1) is 18.6. The molecule has 2 N–H and O–H groups in total. The number of thiocarbonyl (C=S) groups is 1. The van der Waals surface area contributed by atoms with Crippen LogP contribution in [0.4, 0.5) is 5.69 Å². The summed E-state index contributed by atoms with van der Waals surface area (Å²) < 4.78 is 9.98. The Bertz CT molecular complexity index is 530. The van der Waals surface area contributed by atoms with Crippen molar-refractivity contribution in [1.82, 2.24) is 10.2 Å². The van der Waals surface area contributed by atoms with E-state index in [1.807, 2.05) is 24.3 Å². The highest BCUT2D eigenvalue weighted by atomic mass is 32.1. The summed E-state index contributed by atoms with van der Waals surface area (Å²) >= 11 is 5.30. The molecule has 0 unspecified atom stereocenters. The molecule has 0 radical (unpaired) electrons. The van der Waals surface area contributed by atoms with Crippen LogP contribution in [-0.2, 0) is 20.7 Å². The third-order valence-corrected chi connectivity index (χ3v) is 4.07. The van der Waals surface area contributed by atoms with E-state index in [9.17, 15) is 4.79 Å². The van der Waals surface area contributed by atoms with Crippen molar-refractivity contribution in [2.45, 2.75) is 12.8 Å². The minimum absolute atomic E-state index is 0.242. The summed E-state index contributed by atoms with van der Waals surface area (Å²) in [7, 11) is 1.39. The first-order chi connectivity index (χ1) is 11.7. The summed E-state index contributed by atoms with van der Waals surface area (Å²) in [5.41, 5.74) is 1.81. The molecule has 1 aromatic carbocycles. The van der Waals surface area contributed by atoms with Crippen LogP contribution in [0.1, 0.15) is 12.0 Å². The van der Waals surface area contributed by atoms with Crippen molar-refractivity contribution < 1.29 is 14.3 Å². The molecule has 24 heavy (non-hydrogen) atoms. The molecule has 0 spiro atoms.